The number of aliphatic hydroxyl groups excluding tert-OH is 2. The van der Waals surface area contributed by atoms with Crippen LogP contribution in [-0.4, -0.2) is 95.0 Å². The molecule has 11 heteroatoms. The zero-order chi connectivity index (χ0) is 32.7. The smallest absolute Gasteiger partial charge is 0.303 e. The van der Waals surface area contributed by atoms with Crippen LogP contribution in [0.3, 0.4) is 0 Å². The first-order chi connectivity index (χ1) is 21.3. The average molecular weight is 633 g/mol. The first kappa shape index (κ1) is 35.3. The molecule has 0 aromatic heterocycles. The molecule has 4 fully saturated rings. The summed E-state index contributed by atoms with van der Waals surface area (Å²) in [4.78, 5) is 36.2. The molecule has 4 rings (SSSR count). The van der Waals surface area contributed by atoms with Gasteiger partial charge in [-0.15, -0.1) is 0 Å². The Morgan fingerprint density at radius 2 is 1.76 bits per heavy atom. The van der Waals surface area contributed by atoms with Crippen LogP contribution in [0.1, 0.15) is 86.0 Å². The van der Waals surface area contributed by atoms with Gasteiger partial charge in [0.15, 0.2) is 0 Å². The summed E-state index contributed by atoms with van der Waals surface area (Å²) in [6, 6.07) is -0.0472. The van der Waals surface area contributed by atoms with Gasteiger partial charge < -0.3 is 39.8 Å². The van der Waals surface area contributed by atoms with E-state index in [4.69, 9.17) is 18.9 Å². The van der Waals surface area contributed by atoms with Gasteiger partial charge >= 0.3 is 5.97 Å². The molecule has 0 aromatic carbocycles. The van der Waals surface area contributed by atoms with Crippen molar-refractivity contribution in [3.63, 3.8) is 0 Å². The van der Waals surface area contributed by atoms with E-state index >= 15 is 0 Å². The zero-order valence-electron chi connectivity index (χ0n) is 27.3. The van der Waals surface area contributed by atoms with Crippen molar-refractivity contribution < 1.29 is 43.5 Å². The van der Waals surface area contributed by atoms with Crippen molar-refractivity contribution in [1.29, 1.82) is 0 Å². The Morgan fingerprint density at radius 1 is 1.04 bits per heavy atom. The van der Waals surface area contributed by atoms with E-state index in [-0.39, 0.29) is 60.7 Å². The molecule has 0 radical (unpaired) electrons. The summed E-state index contributed by atoms with van der Waals surface area (Å²) in [7, 11) is 0. The summed E-state index contributed by atoms with van der Waals surface area (Å²) in [5, 5.41) is 26.8. The maximum absolute atomic E-state index is 12.8. The fraction of sp³-hybridized carbons (Fsp3) is 0.735. The van der Waals surface area contributed by atoms with Crippen LogP contribution in [0.4, 0.5) is 0 Å². The Kier molecular flexibility index (Phi) is 12.4. The number of ether oxygens (including phenoxy) is 4. The number of carbonyl (C=O) groups is 3. The summed E-state index contributed by atoms with van der Waals surface area (Å²) >= 11 is 0. The number of esters is 1. The summed E-state index contributed by atoms with van der Waals surface area (Å²) in [6.07, 6.45) is 11.3. The molecule has 1 saturated carbocycles. The van der Waals surface area contributed by atoms with E-state index in [0.717, 1.165) is 24.8 Å². The number of hydrogen-bond acceptors (Lipinski definition) is 9. The molecule has 0 bridgehead atoms. The lowest BCUT2D eigenvalue weighted by molar-refractivity contribution is -0.146. The predicted octanol–water partition coefficient (Wildman–Crippen LogP) is 2.78. The number of hydrogen-bond donors (Lipinski definition) is 4. The highest BCUT2D eigenvalue weighted by Crippen LogP contribution is 2.43. The molecule has 4 aliphatic rings. The third-order valence-corrected chi connectivity index (χ3v) is 9.40. The van der Waals surface area contributed by atoms with Crippen LogP contribution in [0, 0.1) is 5.92 Å². The second-order valence-electron chi connectivity index (χ2n) is 13.4. The minimum absolute atomic E-state index is 0.00833. The fourth-order valence-electron chi connectivity index (χ4n) is 6.60. The molecule has 9 atom stereocenters. The summed E-state index contributed by atoms with van der Waals surface area (Å²) in [5.41, 5.74) is 0.344. The molecule has 45 heavy (non-hydrogen) atoms. The largest absolute Gasteiger partial charge is 0.459 e. The standard InChI is InChI=1S/C34H52N2O9/c1-20(6-13-29-21(2)16-28(23(4)44-29)36-31(39)15-8-22(3)43-24(5)37)7-14-30-33(41)34(19-42-34)18-27(45-30)17-32(40)35-25-9-11-26(38)12-10-25/h6-8,14-15,21-23,25-30,33,38,41H,9-13,16-19H2,1-5H3,(H,35,40)(H,36,39)/b14-7+,15-8-,20-6+/t21-,22-,23+,25?,26?,27+,28+,29-,30+,33+,34+/m0/s1. The van der Waals surface area contributed by atoms with Gasteiger partial charge in [0.05, 0.1) is 43.5 Å². The van der Waals surface area contributed by atoms with Crippen LogP contribution >= 0.6 is 0 Å². The lowest BCUT2D eigenvalue weighted by atomic mass is 9.87. The number of carbonyl (C=O) groups excluding carboxylic acids is 3. The van der Waals surface area contributed by atoms with Crippen LogP contribution in [0.5, 0.6) is 0 Å². The summed E-state index contributed by atoms with van der Waals surface area (Å²) < 4.78 is 23.2. The maximum Gasteiger partial charge on any atom is 0.303 e. The average Bonchev–Trinajstić information content (AvgIpc) is 3.74. The van der Waals surface area contributed by atoms with Gasteiger partial charge in [-0.1, -0.05) is 30.7 Å². The molecule has 3 saturated heterocycles. The Labute approximate surface area is 266 Å². The monoisotopic (exact) mass is 632 g/mol. The molecule has 1 aliphatic carbocycles. The molecule has 1 spiro atoms. The number of amides is 2. The van der Waals surface area contributed by atoms with Gasteiger partial charge in [0.1, 0.15) is 23.9 Å². The van der Waals surface area contributed by atoms with Gasteiger partial charge in [-0.3, -0.25) is 14.4 Å². The van der Waals surface area contributed by atoms with Crippen molar-refractivity contribution in [2.24, 2.45) is 5.92 Å². The highest BCUT2D eigenvalue weighted by Gasteiger charge is 2.58. The van der Waals surface area contributed by atoms with Gasteiger partial charge in [-0.05, 0) is 71.3 Å². The Hall–Kier alpha value is -2.57. The van der Waals surface area contributed by atoms with E-state index < -0.39 is 29.9 Å². The van der Waals surface area contributed by atoms with Crippen LogP contribution in [-0.2, 0) is 33.3 Å². The topological polar surface area (TPSA) is 156 Å². The molecule has 2 amide bonds. The minimum atomic E-state index is -0.810. The van der Waals surface area contributed by atoms with Crippen LogP contribution in [0.2, 0.25) is 0 Å². The van der Waals surface area contributed by atoms with Crippen molar-refractivity contribution in [1.82, 2.24) is 10.6 Å². The highest BCUT2D eigenvalue weighted by molar-refractivity contribution is 5.87. The molecule has 3 aliphatic heterocycles. The molecular formula is C34H52N2O9. The lowest BCUT2D eigenvalue weighted by Crippen LogP contribution is -2.51. The van der Waals surface area contributed by atoms with E-state index in [1.165, 1.54) is 13.0 Å². The lowest BCUT2D eigenvalue weighted by Gasteiger charge is -2.39. The molecule has 3 heterocycles. The minimum Gasteiger partial charge on any atom is -0.459 e. The molecule has 0 unspecified atom stereocenters. The van der Waals surface area contributed by atoms with E-state index in [1.54, 1.807) is 13.0 Å². The van der Waals surface area contributed by atoms with Gasteiger partial charge in [0, 0.05) is 25.5 Å². The molecule has 0 aromatic rings. The SMILES string of the molecule is CC(=O)O[C@@H](C)/C=C\C(=O)N[C@@H]1C[C@H](C)[C@H](C/C=C(C)/C=C/[C@H]2O[C@H](CC(=O)NC3CCC(O)CC3)C[C@@]3(CO3)[C@@H]2O)O[C@@H]1C. The summed E-state index contributed by atoms with van der Waals surface area (Å²) in [6.45, 7) is 9.54. The third-order valence-electron chi connectivity index (χ3n) is 9.40. The third kappa shape index (κ3) is 10.5. The number of allylic oxidation sites excluding steroid dienone is 2. The highest BCUT2D eigenvalue weighted by atomic mass is 16.6. The van der Waals surface area contributed by atoms with Crippen molar-refractivity contribution in [2.45, 2.75) is 146 Å². The van der Waals surface area contributed by atoms with Crippen molar-refractivity contribution >= 4 is 17.8 Å². The van der Waals surface area contributed by atoms with Crippen LogP contribution in [0.25, 0.3) is 0 Å². The Bertz CT molecular complexity index is 1120. The number of aliphatic hydroxyl groups is 2. The second-order valence-corrected chi connectivity index (χ2v) is 13.4. The zero-order valence-corrected chi connectivity index (χ0v) is 27.3. The van der Waals surface area contributed by atoms with Crippen LogP contribution < -0.4 is 10.6 Å². The second kappa shape index (κ2) is 15.8. The molecule has 252 valence electrons. The maximum atomic E-state index is 12.8. The van der Waals surface area contributed by atoms with Gasteiger partial charge in [0.25, 0.3) is 0 Å². The van der Waals surface area contributed by atoms with Gasteiger partial charge in [-0.25, -0.2) is 0 Å². The normalized spacial score (nSPS) is 37.8. The van der Waals surface area contributed by atoms with Gasteiger partial charge in [0.2, 0.25) is 11.8 Å². The quantitative estimate of drug-likeness (QED) is 0.116. The Morgan fingerprint density at radius 3 is 2.42 bits per heavy atom. The number of epoxide rings is 1. The van der Waals surface area contributed by atoms with Crippen molar-refractivity contribution in [3.8, 4) is 0 Å². The van der Waals surface area contributed by atoms with Gasteiger partial charge in [-0.2, -0.15) is 0 Å². The molecule has 4 N–H and O–H groups in total. The summed E-state index contributed by atoms with van der Waals surface area (Å²) in [5.74, 6) is -0.509. The van der Waals surface area contributed by atoms with E-state index in [0.29, 0.717) is 32.3 Å². The van der Waals surface area contributed by atoms with E-state index in [1.807, 2.05) is 26.0 Å². The van der Waals surface area contributed by atoms with E-state index in [9.17, 15) is 24.6 Å². The fourth-order valence-corrected chi connectivity index (χ4v) is 6.60. The first-order valence-electron chi connectivity index (χ1n) is 16.4. The van der Waals surface area contributed by atoms with Crippen LogP contribution in [0.15, 0.2) is 36.0 Å². The number of rotatable bonds is 11. The molecule has 11 nitrogen and oxygen atoms in total. The first-order valence-corrected chi connectivity index (χ1v) is 16.4. The Balaban J connectivity index is 1.25. The van der Waals surface area contributed by atoms with Crippen molar-refractivity contribution in [2.75, 3.05) is 6.61 Å². The molecular weight excluding hydrogens is 580 g/mol. The number of nitrogens with one attached hydrogen (secondary N) is 2. The van der Waals surface area contributed by atoms with Crippen molar-refractivity contribution in [3.05, 3.63) is 36.0 Å². The predicted molar refractivity (Wildman–Crippen MR) is 167 cm³/mol. The van der Waals surface area contributed by atoms with E-state index in [2.05, 4.69) is 23.6 Å².